The first-order valence-corrected chi connectivity index (χ1v) is 4.42. The number of aliphatic hydroxyl groups is 2. The first-order valence-electron chi connectivity index (χ1n) is 4.42. The maximum Gasteiger partial charge on any atom is 0.158 e. The Bertz CT molecular complexity index is 190. The molecule has 1 fully saturated rings. The summed E-state index contributed by atoms with van der Waals surface area (Å²) in [5, 5.41) is 18.4. The second kappa shape index (κ2) is 3.17. The average Bonchev–Trinajstić information content (AvgIpc) is 2.44. The standard InChI is InChI=1S/C9H14O3/c10-5-8-6-3-1-2-4-7(6)9(11)12-8/h1-2,6-11H,3-5H2/t6-,7+,8+,9+/m0/s1. The van der Waals surface area contributed by atoms with Crippen LogP contribution in [-0.2, 0) is 4.74 Å². The predicted molar refractivity (Wildman–Crippen MR) is 43.3 cm³/mol. The minimum Gasteiger partial charge on any atom is -0.394 e. The van der Waals surface area contributed by atoms with Crippen molar-refractivity contribution in [3.05, 3.63) is 12.2 Å². The molecule has 0 unspecified atom stereocenters. The fraction of sp³-hybridized carbons (Fsp3) is 0.778. The van der Waals surface area contributed by atoms with Gasteiger partial charge in [-0.15, -0.1) is 0 Å². The van der Waals surface area contributed by atoms with Crippen molar-refractivity contribution in [3.8, 4) is 0 Å². The summed E-state index contributed by atoms with van der Waals surface area (Å²) in [6.45, 7) is 0.0199. The van der Waals surface area contributed by atoms with Crippen molar-refractivity contribution in [1.29, 1.82) is 0 Å². The number of fused-ring (bicyclic) bond motifs is 1. The van der Waals surface area contributed by atoms with Crippen molar-refractivity contribution in [2.45, 2.75) is 25.2 Å². The lowest BCUT2D eigenvalue weighted by Crippen LogP contribution is -2.25. The number of aliphatic hydroxyl groups excluding tert-OH is 2. The van der Waals surface area contributed by atoms with Gasteiger partial charge in [-0.1, -0.05) is 12.2 Å². The smallest absolute Gasteiger partial charge is 0.158 e. The van der Waals surface area contributed by atoms with Gasteiger partial charge in [-0.25, -0.2) is 0 Å². The summed E-state index contributed by atoms with van der Waals surface area (Å²) in [5.74, 6) is 0.516. The van der Waals surface area contributed by atoms with Crippen LogP contribution in [0.5, 0.6) is 0 Å². The Morgan fingerprint density at radius 1 is 1.25 bits per heavy atom. The third kappa shape index (κ3) is 1.18. The average molecular weight is 170 g/mol. The number of allylic oxidation sites excluding steroid dienone is 2. The Morgan fingerprint density at radius 3 is 2.58 bits per heavy atom. The van der Waals surface area contributed by atoms with E-state index in [1.54, 1.807) is 0 Å². The van der Waals surface area contributed by atoms with Gasteiger partial charge >= 0.3 is 0 Å². The third-order valence-electron chi connectivity index (χ3n) is 2.87. The minimum absolute atomic E-state index is 0.0199. The Morgan fingerprint density at radius 2 is 1.92 bits per heavy atom. The Hall–Kier alpha value is -0.380. The molecule has 1 saturated heterocycles. The summed E-state index contributed by atoms with van der Waals surface area (Å²) < 4.78 is 5.22. The monoisotopic (exact) mass is 170 g/mol. The fourth-order valence-electron chi connectivity index (χ4n) is 2.17. The van der Waals surface area contributed by atoms with Gasteiger partial charge in [0.15, 0.2) is 6.29 Å². The van der Waals surface area contributed by atoms with Crippen molar-refractivity contribution < 1.29 is 14.9 Å². The second-order valence-corrected chi connectivity index (χ2v) is 3.52. The van der Waals surface area contributed by atoms with Gasteiger partial charge in [-0.3, -0.25) is 0 Å². The highest BCUT2D eigenvalue weighted by Crippen LogP contribution is 2.38. The van der Waals surface area contributed by atoms with Crippen LogP contribution in [0.15, 0.2) is 12.2 Å². The van der Waals surface area contributed by atoms with E-state index >= 15 is 0 Å². The molecule has 4 atom stereocenters. The Kier molecular flexibility index (Phi) is 2.17. The van der Waals surface area contributed by atoms with Gasteiger partial charge in [0.25, 0.3) is 0 Å². The first-order chi connectivity index (χ1) is 5.83. The molecule has 1 aliphatic heterocycles. The number of hydrogen-bond acceptors (Lipinski definition) is 3. The summed E-state index contributed by atoms with van der Waals surface area (Å²) in [6, 6.07) is 0. The van der Waals surface area contributed by atoms with Crippen LogP contribution in [0.4, 0.5) is 0 Å². The molecule has 0 aromatic heterocycles. The van der Waals surface area contributed by atoms with Crippen LogP contribution in [-0.4, -0.2) is 29.2 Å². The molecule has 0 spiro atoms. The molecular formula is C9H14O3. The third-order valence-corrected chi connectivity index (χ3v) is 2.87. The molecular weight excluding hydrogens is 156 g/mol. The lowest BCUT2D eigenvalue weighted by atomic mass is 9.82. The lowest BCUT2D eigenvalue weighted by Gasteiger charge is -2.22. The van der Waals surface area contributed by atoms with Gasteiger partial charge < -0.3 is 14.9 Å². The molecule has 12 heavy (non-hydrogen) atoms. The molecule has 0 radical (unpaired) electrons. The molecule has 2 N–H and O–H groups in total. The van der Waals surface area contributed by atoms with E-state index in [4.69, 9.17) is 9.84 Å². The molecule has 0 saturated carbocycles. The van der Waals surface area contributed by atoms with E-state index in [1.165, 1.54) is 0 Å². The quantitative estimate of drug-likeness (QED) is 0.556. The molecule has 3 heteroatoms. The first kappa shape index (κ1) is 8.23. The number of hydrogen-bond donors (Lipinski definition) is 2. The molecule has 0 amide bonds. The maximum absolute atomic E-state index is 9.46. The van der Waals surface area contributed by atoms with Crippen LogP contribution in [0, 0.1) is 11.8 Å². The predicted octanol–water partition coefficient (Wildman–Crippen LogP) is 0.278. The van der Waals surface area contributed by atoms with Crippen LogP contribution in [0.25, 0.3) is 0 Å². The summed E-state index contributed by atoms with van der Waals surface area (Å²) >= 11 is 0. The van der Waals surface area contributed by atoms with Gasteiger partial charge in [0, 0.05) is 5.92 Å². The summed E-state index contributed by atoms with van der Waals surface area (Å²) in [5.41, 5.74) is 0. The van der Waals surface area contributed by atoms with Crippen LogP contribution < -0.4 is 0 Å². The zero-order valence-electron chi connectivity index (χ0n) is 6.89. The van der Waals surface area contributed by atoms with Gasteiger partial charge in [0.2, 0.25) is 0 Å². The van der Waals surface area contributed by atoms with E-state index in [0.717, 1.165) is 12.8 Å². The van der Waals surface area contributed by atoms with Crippen molar-refractivity contribution in [2.75, 3.05) is 6.61 Å². The molecule has 2 rings (SSSR count). The molecule has 0 aromatic rings. The largest absolute Gasteiger partial charge is 0.394 e. The van der Waals surface area contributed by atoms with Gasteiger partial charge in [-0.2, -0.15) is 0 Å². The normalized spacial score (nSPS) is 46.2. The van der Waals surface area contributed by atoms with E-state index < -0.39 is 6.29 Å². The van der Waals surface area contributed by atoms with E-state index in [2.05, 4.69) is 12.2 Å². The molecule has 68 valence electrons. The highest BCUT2D eigenvalue weighted by atomic mass is 16.6. The van der Waals surface area contributed by atoms with Gasteiger partial charge in [0.05, 0.1) is 12.7 Å². The highest BCUT2D eigenvalue weighted by Gasteiger charge is 2.42. The second-order valence-electron chi connectivity index (χ2n) is 3.52. The van der Waals surface area contributed by atoms with Crippen LogP contribution in [0.3, 0.4) is 0 Å². The molecule has 0 aromatic carbocycles. The summed E-state index contributed by atoms with van der Waals surface area (Å²) in [4.78, 5) is 0. The zero-order chi connectivity index (χ0) is 8.55. The minimum atomic E-state index is -0.669. The van der Waals surface area contributed by atoms with Crippen molar-refractivity contribution >= 4 is 0 Å². The zero-order valence-corrected chi connectivity index (χ0v) is 6.89. The molecule has 1 heterocycles. The molecule has 0 bridgehead atoms. The van der Waals surface area contributed by atoms with Gasteiger partial charge in [-0.05, 0) is 18.8 Å². The van der Waals surface area contributed by atoms with Crippen molar-refractivity contribution in [2.24, 2.45) is 11.8 Å². The van der Waals surface area contributed by atoms with Crippen LogP contribution in [0.2, 0.25) is 0 Å². The van der Waals surface area contributed by atoms with Gasteiger partial charge in [0.1, 0.15) is 0 Å². The summed E-state index contributed by atoms with van der Waals surface area (Å²) in [6.07, 6.45) is 5.15. The molecule has 2 aliphatic rings. The van der Waals surface area contributed by atoms with Crippen LogP contribution >= 0.6 is 0 Å². The fourth-order valence-corrected chi connectivity index (χ4v) is 2.17. The number of ether oxygens (including phenoxy) is 1. The Labute approximate surface area is 71.7 Å². The SMILES string of the molecule is OC[C@H]1O[C@@H](O)[C@@H]2CC=CC[C@@H]21. The van der Waals surface area contributed by atoms with E-state index in [9.17, 15) is 5.11 Å². The molecule has 1 aliphatic carbocycles. The van der Waals surface area contributed by atoms with Crippen molar-refractivity contribution in [1.82, 2.24) is 0 Å². The van der Waals surface area contributed by atoms with E-state index in [0.29, 0.717) is 5.92 Å². The topological polar surface area (TPSA) is 49.7 Å². The van der Waals surface area contributed by atoms with Crippen LogP contribution in [0.1, 0.15) is 12.8 Å². The van der Waals surface area contributed by atoms with Crippen molar-refractivity contribution in [3.63, 3.8) is 0 Å². The highest BCUT2D eigenvalue weighted by molar-refractivity contribution is 5.00. The van der Waals surface area contributed by atoms with E-state index in [1.807, 2.05) is 0 Å². The lowest BCUT2D eigenvalue weighted by molar-refractivity contribution is -0.116. The molecule has 3 nitrogen and oxygen atoms in total. The summed E-state index contributed by atoms with van der Waals surface area (Å²) in [7, 11) is 0. The Balaban J connectivity index is 2.11. The van der Waals surface area contributed by atoms with E-state index in [-0.39, 0.29) is 18.6 Å². The maximum atomic E-state index is 9.46. The number of rotatable bonds is 1.